The number of methoxy groups -OCH3 is 1. The molecule has 1 N–H and O–H groups in total. The minimum absolute atomic E-state index is 0.189. The lowest BCUT2D eigenvalue weighted by Gasteiger charge is -2.17. The predicted octanol–water partition coefficient (Wildman–Crippen LogP) is 3.98. The Morgan fingerprint density at radius 1 is 1.35 bits per heavy atom. The van der Waals surface area contributed by atoms with Gasteiger partial charge in [-0.25, -0.2) is 0 Å². The number of aryl methyl sites for hydroxylation is 2. The van der Waals surface area contributed by atoms with E-state index in [1.165, 1.54) is 11.3 Å². The molecule has 1 aromatic carbocycles. The van der Waals surface area contributed by atoms with E-state index in [1.807, 2.05) is 36.9 Å². The second-order valence-electron chi connectivity index (χ2n) is 4.92. The Morgan fingerprint density at radius 2 is 2.05 bits per heavy atom. The van der Waals surface area contributed by atoms with E-state index in [1.54, 1.807) is 7.11 Å². The van der Waals surface area contributed by atoms with Crippen LogP contribution < -0.4 is 10.1 Å². The molecule has 1 unspecified atom stereocenters. The number of rotatable bonds is 4. The topological polar surface area (TPSA) is 39.1 Å². The van der Waals surface area contributed by atoms with E-state index in [-0.39, 0.29) is 6.04 Å². The van der Waals surface area contributed by atoms with Crippen molar-refractivity contribution in [3.05, 3.63) is 39.6 Å². The standard InChI is InChI=1S/C15H20BrN3O/c1-9(15-10(2)18-19(4)11(15)3)17-12-6-7-13(16)14(8-12)20-5/h6-9,17H,1-5H3. The Balaban J connectivity index is 2.25. The van der Waals surface area contributed by atoms with Crippen molar-refractivity contribution in [2.75, 3.05) is 12.4 Å². The molecule has 0 aliphatic carbocycles. The number of aromatic nitrogens is 2. The summed E-state index contributed by atoms with van der Waals surface area (Å²) in [4.78, 5) is 0. The van der Waals surface area contributed by atoms with Gasteiger partial charge in [0.1, 0.15) is 5.75 Å². The Morgan fingerprint density at radius 3 is 2.60 bits per heavy atom. The van der Waals surface area contributed by atoms with Gasteiger partial charge in [0.15, 0.2) is 0 Å². The summed E-state index contributed by atoms with van der Waals surface area (Å²) in [6.07, 6.45) is 0. The normalized spacial score (nSPS) is 12.3. The van der Waals surface area contributed by atoms with Crippen molar-refractivity contribution in [3.63, 3.8) is 0 Å². The van der Waals surface area contributed by atoms with Gasteiger partial charge in [-0.2, -0.15) is 5.10 Å². The zero-order chi connectivity index (χ0) is 14.9. The Labute approximate surface area is 128 Å². The van der Waals surface area contributed by atoms with Gasteiger partial charge in [-0.05, 0) is 48.8 Å². The predicted molar refractivity (Wildman–Crippen MR) is 85.4 cm³/mol. The van der Waals surface area contributed by atoms with Crippen molar-refractivity contribution in [2.45, 2.75) is 26.8 Å². The van der Waals surface area contributed by atoms with Crippen molar-refractivity contribution in [1.82, 2.24) is 9.78 Å². The van der Waals surface area contributed by atoms with E-state index in [4.69, 9.17) is 4.74 Å². The summed E-state index contributed by atoms with van der Waals surface area (Å²) < 4.78 is 8.19. The molecule has 0 saturated carbocycles. The molecule has 4 nitrogen and oxygen atoms in total. The van der Waals surface area contributed by atoms with Crippen molar-refractivity contribution >= 4 is 21.6 Å². The maximum atomic E-state index is 5.32. The number of anilines is 1. The Kier molecular flexibility index (Phi) is 4.38. The van der Waals surface area contributed by atoms with Gasteiger partial charge in [0.05, 0.1) is 23.3 Å². The van der Waals surface area contributed by atoms with Crippen LogP contribution in [0.3, 0.4) is 0 Å². The highest BCUT2D eigenvalue weighted by atomic mass is 79.9. The molecule has 1 aromatic heterocycles. The molecule has 5 heteroatoms. The second kappa shape index (κ2) is 5.87. The fraction of sp³-hybridized carbons (Fsp3) is 0.400. The van der Waals surface area contributed by atoms with Gasteiger partial charge < -0.3 is 10.1 Å². The summed E-state index contributed by atoms with van der Waals surface area (Å²) in [6, 6.07) is 6.19. The van der Waals surface area contributed by atoms with Gasteiger partial charge in [-0.1, -0.05) is 0 Å². The molecule has 0 radical (unpaired) electrons. The van der Waals surface area contributed by atoms with Crippen LogP contribution >= 0.6 is 15.9 Å². The third kappa shape index (κ3) is 2.82. The molecule has 0 spiro atoms. The summed E-state index contributed by atoms with van der Waals surface area (Å²) >= 11 is 3.46. The van der Waals surface area contributed by atoms with Crippen molar-refractivity contribution < 1.29 is 4.74 Å². The van der Waals surface area contributed by atoms with E-state index in [9.17, 15) is 0 Å². The van der Waals surface area contributed by atoms with E-state index in [0.717, 1.165) is 21.6 Å². The van der Waals surface area contributed by atoms with Crippen LogP contribution in [0.25, 0.3) is 0 Å². The summed E-state index contributed by atoms with van der Waals surface area (Å²) in [5, 5.41) is 7.97. The molecule has 0 aliphatic rings. The minimum Gasteiger partial charge on any atom is -0.495 e. The molecule has 108 valence electrons. The van der Waals surface area contributed by atoms with E-state index in [0.29, 0.717) is 0 Å². The summed E-state index contributed by atoms with van der Waals surface area (Å²) in [5.41, 5.74) is 4.52. The summed E-state index contributed by atoms with van der Waals surface area (Å²) in [5.74, 6) is 0.821. The van der Waals surface area contributed by atoms with Gasteiger partial charge in [-0.3, -0.25) is 4.68 Å². The molecule has 0 fully saturated rings. The van der Waals surface area contributed by atoms with Crippen LogP contribution in [-0.4, -0.2) is 16.9 Å². The molecule has 0 saturated heterocycles. The molecule has 2 aromatic rings. The van der Waals surface area contributed by atoms with Gasteiger partial charge in [0, 0.05) is 30.1 Å². The highest BCUT2D eigenvalue weighted by Gasteiger charge is 2.16. The summed E-state index contributed by atoms with van der Waals surface area (Å²) in [6.45, 7) is 6.28. The molecular weight excluding hydrogens is 318 g/mol. The van der Waals surface area contributed by atoms with E-state index in [2.05, 4.69) is 40.2 Å². The first-order valence-electron chi connectivity index (χ1n) is 6.54. The van der Waals surface area contributed by atoms with Gasteiger partial charge in [0.25, 0.3) is 0 Å². The lowest BCUT2D eigenvalue weighted by atomic mass is 10.1. The molecule has 1 heterocycles. The number of nitrogens with one attached hydrogen (secondary N) is 1. The van der Waals surface area contributed by atoms with Crippen LogP contribution in [0.4, 0.5) is 5.69 Å². The smallest absolute Gasteiger partial charge is 0.135 e. The second-order valence-corrected chi connectivity index (χ2v) is 5.78. The van der Waals surface area contributed by atoms with Crippen molar-refractivity contribution in [1.29, 1.82) is 0 Å². The largest absolute Gasteiger partial charge is 0.495 e. The fourth-order valence-electron chi connectivity index (χ4n) is 2.49. The number of hydrogen-bond donors (Lipinski definition) is 1. The Hall–Kier alpha value is -1.49. The number of halogens is 1. The lowest BCUT2D eigenvalue weighted by Crippen LogP contribution is -2.09. The average molecular weight is 338 g/mol. The highest BCUT2D eigenvalue weighted by molar-refractivity contribution is 9.10. The van der Waals surface area contributed by atoms with Crippen LogP contribution in [0.2, 0.25) is 0 Å². The van der Waals surface area contributed by atoms with Gasteiger partial charge in [-0.15, -0.1) is 0 Å². The third-order valence-electron chi connectivity index (χ3n) is 3.53. The first-order chi connectivity index (χ1) is 9.43. The highest BCUT2D eigenvalue weighted by Crippen LogP contribution is 2.30. The molecule has 1 atom stereocenters. The molecule has 20 heavy (non-hydrogen) atoms. The average Bonchev–Trinajstić information content (AvgIpc) is 2.65. The monoisotopic (exact) mass is 337 g/mol. The van der Waals surface area contributed by atoms with Crippen LogP contribution in [0.15, 0.2) is 22.7 Å². The fourth-order valence-corrected chi connectivity index (χ4v) is 2.90. The minimum atomic E-state index is 0.189. The van der Waals surface area contributed by atoms with Gasteiger partial charge in [0.2, 0.25) is 0 Å². The number of nitrogens with zero attached hydrogens (tertiary/aromatic N) is 2. The van der Waals surface area contributed by atoms with Gasteiger partial charge >= 0.3 is 0 Å². The maximum absolute atomic E-state index is 5.32. The maximum Gasteiger partial charge on any atom is 0.135 e. The van der Waals surface area contributed by atoms with Crippen LogP contribution in [0.5, 0.6) is 5.75 Å². The Bertz CT molecular complexity index is 622. The van der Waals surface area contributed by atoms with E-state index < -0.39 is 0 Å². The molecule has 0 amide bonds. The third-order valence-corrected chi connectivity index (χ3v) is 4.19. The first kappa shape index (κ1) is 14.9. The lowest BCUT2D eigenvalue weighted by molar-refractivity contribution is 0.412. The molecule has 0 bridgehead atoms. The molecule has 0 aliphatic heterocycles. The van der Waals surface area contributed by atoms with Crippen LogP contribution in [-0.2, 0) is 7.05 Å². The zero-order valence-electron chi connectivity index (χ0n) is 12.5. The van der Waals surface area contributed by atoms with Crippen LogP contribution in [0.1, 0.15) is 29.9 Å². The van der Waals surface area contributed by atoms with E-state index >= 15 is 0 Å². The molecular formula is C15H20BrN3O. The quantitative estimate of drug-likeness (QED) is 0.916. The van der Waals surface area contributed by atoms with Crippen molar-refractivity contribution in [3.8, 4) is 5.75 Å². The van der Waals surface area contributed by atoms with Crippen molar-refractivity contribution in [2.24, 2.45) is 7.05 Å². The first-order valence-corrected chi connectivity index (χ1v) is 7.33. The SMILES string of the molecule is COc1cc(NC(C)c2c(C)nn(C)c2C)ccc1Br. The zero-order valence-corrected chi connectivity index (χ0v) is 14.1. The number of hydrogen-bond acceptors (Lipinski definition) is 3. The molecule has 2 rings (SSSR count). The summed E-state index contributed by atoms with van der Waals surface area (Å²) in [7, 11) is 3.64. The number of benzene rings is 1. The number of ether oxygens (including phenoxy) is 1. The van der Waals surface area contributed by atoms with Crippen LogP contribution in [0, 0.1) is 13.8 Å².